The smallest absolute Gasteiger partial charge is 0.322 e. The van der Waals surface area contributed by atoms with E-state index in [0.717, 1.165) is 36.3 Å². The number of aryl methyl sites for hydroxylation is 1. The van der Waals surface area contributed by atoms with Crippen molar-refractivity contribution in [1.82, 2.24) is 4.90 Å². The lowest BCUT2D eigenvalue weighted by Crippen LogP contribution is -2.39. The highest BCUT2D eigenvalue weighted by molar-refractivity contribution is 5.89. The first-order valence-corrected chi connectivity index (χ1v) is 8.63. The third kappa shape index (κ3) is 4.73. The van der Waals surface area contributed by atoms with Crippen LogP contribution in [0.4, 0.5) is 10.5 Å². The second kappa shape index (κ2) is 8.03. The van der Waals surface area contributed by atoms with Gasteiger partial charge in [-0.15, -0.1) is 0 Å². The quantitative estimate of drug-likeness (QED) is 0.867. The third-order valence-corrected chi connectivity index (χ3v) is 4.36. The Morgan fingerprint density at radius 1 is 1.28 bits per heavy atom. The predicted octanol–water partition coefficient (Wildman–Crippen LogP) is 3.91. The lowest BCUT2D eigenvalue weighted by Gasteiger charge is -2.26. The molecular weight excluding hydrogens is 316 g/mol. The zero-order valence-corrected chi connectivity index (χ0v) is 14.4. The van der Waals surface area contributed by atoms with Gasteiger partial charge in [-0.1, -0.05) is 30.3 Å². The Kier molecular flexibility index (Phi) is 5.56. The highest BCUT2D eigenvalue weighted by Gasteiger charge is 2.23. The van der Waals surface area contributed by atoms with E-state index < -0.39 is 0 Å². The van der Waals surface area contributed by atoms with Crippen LogP contribution in [-0.4, -0.2) is 35.3 Å². The fraction of sp³-hybridized carbons (Fsp3) is 0.350. The van der Waals surface area contributed by atoms with Crippen molar-refractivity contribution < 1.29 is 14.6 Å². The largest absolute Gasteiger partial charge is 0.508 e. The number of rotatable bonds is 5. The summed E-state index contributed by atoms with van der Waals surface area (Å²) < 4.78 is 5.69. The van der Waals surface area contributed by atoms with Crippen LogP contribution in [0.5, 0.6) is 5.75 Å². The van der Waals surface area contributed by atoms with E-state index in [1.165, 1.54) is 0 Å². The van der Waals surface area contributed by atoms with Crippen molar-refractivity contribution in [1.29, 1.82) is 0 Å². The number of urea groups is 1. The van der Waals surface area contributed by atoms with Crippen LogP contribution >= 0.6 is 0 Å². The zero-order chi connectivity index (χ0) is 17.6. The number of para-hydroxylation sites is 1. The van der Waals surface area contributed by atoms with Crippen LogP contribution < -0.4 is 5.32 Å². The summed E-state index contributed by atoms with van der Waals surface area (Å²) in [5.74, 6) is 0.197. The van der Waals surface area contributed by atoms with Gasteiger partial charge < -0.3 is 20.1 Å². The van der Waals surface area contributed by atoms with Crippen molar-refractivity contribution in [3.8, 4) is 5.75 Å². The van der Waals surface area contributed by atoms with E-state index in [1.807, 2.05) is 43.3 Å². The van der Waals surface area contributed by atoms with Crippen LogP contribution in [-0.2, 0) is 11.3 Å². The number of phenols is 1. The average molecular weight is 340 g/mol. The molecule has 0 unspecified atom stereocenters. The fourth-order valence-electron chi connectivity index (χ4n) is 3.03. The Bertz CT molecular complexity index is 726. The summed E-state index contributed by atoms with van der Waals surface area (Å²) in [6.45, 7) is 3.58. The van der Waals surface area contributed by atoms with E-state index in [1.54, 1.807) is 17.0 Å². The lowest BCUT2D eigenvalue weighted by atomic mass is 10.1. The number of benzene rings is 2. The van der Waals surface area contributed by atoms with Gasteiger partial charge in [0.15, 0.2) is 0 Å². The molecule has 0 aromatic heterocycles. The maximum Gasteiger partial charge on any atom is 0.322 e. The van der Waals surface area contributed by atoms with Crippen molar-refractivity contribution in [3.63, 3.8) is 0 Å². The zero-order valence-electron chi connectivity index (χ0n) is 14.4. The normalized spacial score (nSPS) is 16.6. The summed E-state index contributed by atoms with van der Waals surface area (Å²) in [5, 5.41) is 13.0. The number of amides is 2. The van der Waals surface area contributed by atoms with Crippen LogP contribution in [0.15, 0.2) is 48.5 Å². The van der Waals surface area contributed by atoms with E-state index in [0.29, 0.717) is 13.1 Å². The number of hydrogen-bond acceptors (Lipinski definition) is 3. The van der Waals surface area contributed by atoms with Gasteiger partial charge in [0.1, 0.15) is 5.75 Å². The van der Waals surface area contributed by atoms with E-state index >= 15 is 0 Å². The molecule has 0 bridgehead atoms. The van der Waals surface area contributed by atoms with Crippen LogP contribution in [0.1, 0.15) is 24.0 Å². The van der Waals surface area contributed by atoms with Crippen LogP contribution in [0.2, 0.25) is 0 Å². The summed E-state index contributed by atoms with van der Waals surface area (Å²) in [6.07, 6.45) is 2.03. The molecule has 1 saturated heterocycles. The van der Waals surface area contributed by atoms with Gasteiger partial charge in [-0.2, -0.15) is 0 Å². The Labute approximate surface area is 148 Å². The molecule has 3 rings (SSSR count). The van der Waals surface area contributed by atoms with E-state index in [2.05, 4.69) is 5.32 Å². The first-order chi connectivity index (χ1) is 12.1. The first-order valence-electron chi connectivity index (χ1n) is 8.63. The molecule has 0 radical (unpaired) electrons. The number of hydrogen-bond donors (Lipinski definition) is 2. The van der Waals surface area contributed by atoms with Gasteiger partial charge in [0.2, 0.25) is 0 Å². The van der Waals surface area contributed by atoms with Crippen LogP contribution in [0.3, 0.4) is 0 Å². The fourth-order valence-corrected chi connectivity index (χ4v) is 3.03. The van der Waals surface area contributed by atoms with Crippen molar-refractivity contribution in [2.45, 2.75) is 32.4 Å². The summed E-state index contributed by atoms with van der Waals surface area (Å²) in [7, 11) is 0. The van der Waals surface area contributed by atoms with Gasteiger partial charge >= 0.3 is 6.03 Å². The second-order valence-electron chi connectivity index (χ2n) is 6.44. The van der Waals surface area contributed by atoms with Gasteiger partial charge in [-0.25, -0.2) is 4.79 Å². The molecule has 2 amide bonds. The number of aromatic hydroxyl groups is 1. The SMILES string of the molecule is Cc1cccc(NC(=O)N(Cc2ccccc2O)C[C@H]2CCCO2)c1. The van der Waals surface area contributed by atoms with Crippen LogP contribution in [0.25, 0.3) is 0 Å². The summed E-state index contributed by atoms with van der Waals surface area (Å²) in [6, 6.07) is 14.6. The van der Waals surface area contributed by atoms with Crippen molar-refractivity contribution in [2.75, 3.05) is 18.5 Å². The summed E-state index contributed by atoms with van der Waals surface area (Å²) >= 11 is 0. The highest BCUT2D eigenvalue weighted by Crippen LogP contribution is 2.21. The maximum absolute atomic E-state index is 12.8. The molecule has 5 nitrogen and oxygen atoms in total. The molecule has 2 N–H and O–H groups in total. The van der Waals surface area contributed by atoms with Crippen molar-refractivity contribution in [3.05, 3.63) is 59.7 Å². The number of carbonyl (C=O) groups excluding carboxylic acids is 1. The van der Waals surface area contributed by atoms with E-state index in [-0.39, 0.29) is 17.9 Å². The Morgan fingerprint density at radius 2 is 2.12 bits per heavy atom. The number of carbonyl (C=O) groups is 1. The number of nitrogens with one attached hydrogen (secondary N) is 1. The summed E-state index contributed by atoms with van der Waals surface area (Å²) in [4.78, 5) is 14.5. The second-order valence-corrected chi connectivity index (χ2v) is 6.44. The minimum absolute atomic E-state index is 0.0501. The molecule has 25 heavy (non-hydrogen) atoms. The Morgan fingerprint density at radius 3 is 2.84 bits per heavy atom. The minimum atomic E-state index is -0.190. The van der Waals surface area contributed by atoms with Gasteiger partial charge in [-0.3, -0.25) is 0 Å². The predicted molar refractivity (Wildman–Crippen MR) is 97.7 cm³/mol. The minimum Gasteiger partial charge on any atom is -0.508 e. The standard InChI is InChI=1S/C20H24N2O3/c1-15-6-4-8-17(12-15)21-20(24)22(14-18-9-5-11-25-18)13-16-7-2-3-10-19(16)23/h2-4,6-8,10,12,18,23H,5,9,11,13-14H2,1H3,(H,21,24)/t18-/m1/s1. The van der Waals surface area contributed by atoms with Gasteiger partial charge in [-0.05, 0) is 43.5 Å². The molecule has 0 saturated carbocycles. The molecular formula is C20H24N2O3. The number of phenolic OH excluding ortho intramolecular Hbond substituents is 1. The molecule has 0 aliphatic carbocycles. The van der Waals surface area contributed by atoms with Crippen molar-refractivity contribution in [2.24, 2.45) is 0 Å². The molecule has 1 fully saturated rings. The third-order valence-electron chi connectivity index (χ3n) is 4.36. The number of nitrogens with zero attached hydrogens (tertiary/aromatic N) is 1. The lowest BCUT2D eigenvalue weighted by molar-refractivity contribution is 0.0817. The number of ether oxygens (including phenoxy) is 1. The van der Waals surface area contributed by atoms with E-state index in [4.69, 9.17) is 4.74 Å². The van der Waals surface area contributed by atoms with Crippen molar-refractivity contribution >= 4 is 11.7 Å². The molecule has 1 aliphatic heterocycles. The average Bonchev–Trinajstić information content (AvgIpc) is 3.09. The van der Waals surface area contributed by atoms with Gasteiger partial charge in [0.25, 0.3) is 0 Å². The highest BCUT2D eigenvalue weighted by atomic mass is 16.5. The molecule has 0 spiro atoms. The van der Waals surface area contributed by atoms with Gasteiger partial charge in [0, 0.05) is 24.4 Å². The maximum atomic E-state index is 12.8. The number of anilines is 1. The topological polar surface area (TPSA) is 61.8 Å². The first kappa shape index (κ1) is 17.3. The Hall–Kier alpha value is -2.53. The Balaban J connectivity index is 1.74. The van der Waals surface area contributed by atoms with E-state index in [9.17, 15) is 9.90 Å². The molecule has 1 atom stereocenters. The molecule has 132 valence electrons. The molecule has 2 aromatic rings. The van der Waals surface area contributed by atoms with Gasteiger partial charge in [0.05, 0.1) is 12.6 Å². The molecule has 5 heteroatoms. The molecule has 1 heterocycles. The molecule has 2 aromatic carbocycles. The molecule has 1 aliphatic rings. The monoisotopic (exact) mass is 340 g/mol. The van der Waals surface area contributed by atoms with Crippen LogP contribution in [0, 0.1) is 6.92 Å². The summed E-state index contributed by atoms with van der Waals surface area (Å²) in [5.41, 5.74) is 2.57.